The van der Waals surface area contributed by atoms with Crippen molar-refractivity contribution in [3.05, 3.63) is 73.8 Å². The molecule has 1 fully saturated rings. The highest BCUT2D eigenvalue weighted by Crippen LogP contribution is 2.42. The average Bonchev–Trinajstić information content (AvgIpc) is 3.42. The van der Waals surface area contributed by atoms with Crippen LogP contribution in [0.25, 0.3) is 0 Å². The number of nitrogens with one attached hydrogen (secondary N) is 3. The van der Waals surface area contributed by atoms with Gasteiger partial charge in [-0.15, -0.1) is 0 Å². The summed E-state index contributed by atoms with van der Waals surface area (Å²) >= 11 is 12.1. The van der Waals surface area contributed by atoms with Gasteiger partial charge < -0.3 is 15.7 Å². The molecule has 2 aliphatic rings. The smallest absolute Gasteiger partial charge is 0.275 e. The normalized spacial score (nSPS) is 19.3. The predicted molar refractivity (Wildman–Crippen MR) is 110 cm³/mol. The Bertz CT molecular complexity index is 1050. The zero-order valence-corrected chi connectivity index (χ0v) is 16.6. The number of hydrogen-bond acceptors (Lipinski definition) is 4. The number of benzene rings is 1. The fraction of sp³-hybridized carbons (Fsp3) is 0.250. The molecule has 1 atom stereocenters. The molecule has 1 amide bonds. The maximum absolute atomic E-state index is 13.4. The maximum atomic E-state index is 13.4. The maximum Gasteiger partial charge on any atom is 0.275 e. The van der Waals surface area contributed by atoms with Crippen molar-refractivity contribution in [2.24, 2.45) is 0 Å². The lowest BCUT2D eigenvalue weighted by Crippen LogP contribution is -2.33. The highest BCUT2D eigenvalue weighted by molar-refractivity contribution is 6.31. The van der Waals surface area contributed by atoms with Gasteiger partial charge in [0.2, 0.25) is 0 Å². The van der Waals surface area contributed by atoms with E-state index in [0.29, 0.717) is 27.7 Å². The van der Waals surface area contributed by atoms with Crippen molar-refractivity contribution in [3.8, 4) is 0 Å². The molecule has 3 N–H and O–H groups in total. The van der Waals surface area contributed by atoms with Crippen LogP contribution in [-0.4, -0.2) is 22.6 Å². The van der Waals surface area contributed by atoms with Gasteiger partial charge in [0.25, 0.3) is 11.5 Å². The van der Waals surface area contributed by atoms with Gasteiger partial charge in [-0.25, -0.2) is 0 Å². The van der Waals surface area contributed by atoms with Gasteiger partial charge in [-0.2, -0.15) is 0 Å². The highest BCUT2D eigenvalue weighted by atomic mass is 35.5. The summed E-state index contributed by atoms with van der Waals surface area (Å²) < 4.78 is 0. The van der Waals surface area contributed by atoms with E-state index in [4.69, 9.17) is 28.6 Å². The van der Waals surface area contributed by atoms with Gasteiger partial charge in [-0.05, 0) is 43.5 Å². The van der Waals surface area contributed by atoms with Crippen LogP contribution in [0.2, 0.25) is 10.0 Å². The number of amides is 1. The van der Waals surface area contributed by atoms with Gasteiger partial charge in [0.1, 0.15) is 10.7 Å². The molecular formula is C20H18Cl2N4O2. The van der Waals surface area contributed by atoms with E-state index in [0.717, 1.165) is 18.4 Å². The fourth-order valence-corrected chi connectivity index (χ4v) is 3.69. The molecule has 4 rings (SSSR count). The number of H-pyrrole nitrogens is 1. The zero-order chi connectivity index (χ0) is 20.0. The Morgan fingerprint density at radius 2 is 1.89 bits per heavy atom. The topological polar surface area (TPSA) is 89.1 Å². The fourth-order valence-electron chi connectivity index (χ4n) is 3.39. The van der Waals surface area contributed by atoms with Crippen LogP contribution in [0.1, 0.15) is 31.4 Å². The van der Waals surface area contributed by atoms with E-state index in [1.165, 1.54) is 12.3 Å². The first kappa shape index (κ1) is 18.8. The molecule has 0 bridgehead atoms. The third-order valence-electron chi connectivity index (χ3n) is 4.87. The summed E-state index contributed by atoms with van der Waals surface area (Å²) in [5, 5.41) is 12.2. The third kappa shape index (κ3) is 3.34. The predicted octanol–water partition coefficient (Wildman–Crippen LogP) is 3.82. The van der Waals surface area contributed by atoms with E-state index < -0.39 is 11.6 Å². The number of aromatic nitrogens is 1. The molecule has 1 aromatic heterocycles. The highest BCUT2D eigenvalue weighted by Gasteiger charge is 2.43. The van der Waals surface area contributed by atoms with Crippen LogP contribution in [0.4, 0.5) is 5.69 Å². The van der Waals surface area contributed by atoms with Crippen molar-refractivity contribution in [3.63, 3.8) is 0 Å². The molecule has 1 aromatic carbocycles. The number of pyridine rings is 1. The van der Waals surface area contributed by atoms with Crippen LogP contribution in [-0.2, 0) is 4.79 Å². The summed E-state index contributed by atoms with van der Waals surface area (Å²) in [5.41, 5.74) is 2.19. The first-order chi connectivity index (χ1) is 13.4. The Morgan fingerprint density at radius 1 is 1.21 bits per heavy atom. The van der Waals surface area contributed by atoms with Crippen LogP contribution in [0.3, 0.4) is 0 Å². The Kier molecular flexibility index (Phi) is 4.77. The molecule has 6 nitrogen and oxygen atoms in total. The van der Waals surface area contributed by atoms with E-state index in [1.807, 2.05) is 12.1 Å². The Hall–Kier alpha value is -2.57. The molecule has 1 aliphatic heterocycles. The van der Waals surface area contributed by atoms with Gasteiger partial charge in [0.05, 0.1) is 11.7 Å². The molecule has 1 aliphatic carbocycles. The van der Waals surface area contributed by atoms with Crippen LogP contribution in [0.15, 0.2) is 52.6 Å². The van der Waals surface area contributed by atoms with E-state index >= 15 is 0 Å². The molecule has 8 heteroatoms. The van der Waals surface area contributed by atoms with Gasteiger partial charge in [0, 0.05) is 28.5 Å². The standard InChI is InChI=1S/C20H18Cl2N4O2/c1-10(23)16-17(25-13-6-7-13)20(28)26(14-8-15(22)19(27)24-9-14)18(16)11-2-4-12(21)5-3-11/h2-5,8-9,13,18,23,25H,6-7H2,1H3,(H,24,27)/t18-/m1/s1. The Morgan fingerprint density at radius 3 is 2.46 bits per heavy atom. The second-order valence-corrected chi connectivity index (χ2v) is 7.84. The second kappa shape index (κ2) is 7.11. The molecule has 1 saturated carbocycles. The van der Waals surface area contributed by atoms with E-state index in [2.05, 4.69) is 10.3 Å². The molecule has 0 saturated heterocycles. The number of carbonyl (C=O) groups is 1. The van der Waals surface area contributed by atoms with Crippen LogP contribution in [0.5, 0.6) is 0 Å². The SMILES string of the molecule is CC(=N)C1=C(NC2CC2)C(=O)N(c2c[nH]c(=O)c(Cl)c2)[C@@H]1c1ccc(Cl)cc1. The lowest BCUT2D eigenvalue weighted by molar-refractivity contribution is -0.115. The molecule has 2 aromatic rings. The molecule has 2 heterocycles. The molecular weight excluding hydrogens is 399 g/mol. The first-order valence-electron chi connectivity index (χ1n) is 8.90. The molecule has 0 spiro atoms. The number of anilines is 1. The lowest BCUT2D eigenvalue weighted by Gasteiger charge is -2.27. The number of rotatable bonds is 5. The molecule has 0 unspecified atom stereocenters. The van der Waals surface area contributed by atoms with Crippen LogP contribution >= 0.6 is 23.2 Å². The minimum absolute atomic E-state index is 0.00289. The summed E-state index contributed by atoms with van der Waals surface area (Å²) in [6, 6.07) is 8.38. The first-order valence-corrected chi connectivity index (χ1v) is 9.66. The summed E-state index contributed by atoms with van der Waals surface area (Å²) in [4.78, 5) is 29.2. The number of aromatic amines is 1. The summed E-state index contributed by atoms with van der Waals surface area (Å²) in [7, 11) is 0. The van der Waals surface area contributed by atoms with Gasteiger partial charge in [-0.1, -0.05) is 35.3 Å². The lowest BCUT2D eigenvalue weighted by atomic mass is 9.95. The van der Waals surface area contributed by atoms with E-state index in [-0.39, 0.29) is 17.0 Å². The average molecular weight is 417 g/mol. The number of nitrogens with zero attached hydrogens (tertiary/aromatic N) is 1. The second-order valence-electron chi connectivity index (χ2n) is 7.00. The monoisotopic (exact) mass is 416 g/mol. The number of halogens is 2. The molecule has 144 valence electrons. The zero-order valence-electron chi connectivity index (χ0n) is 15.1. The van der Waals surface area contributed by atoms with Crippen molar-refractivity contribution in [1.82, 2.24) is 10.3 Å². The summed E-state index contributed by atoms with van der Waals surface area (Å²) in [6.07, 6.45) is 3.46. The third-order valence-corrected chi connectivity index (χ3v) is 5.40. The van der Waals surface area contributed by atoms with Gasteiger partial charge >= 0.3 is 0 Å². The van der Waals surface area contributed by atoms with Gasteiger partial charge in [0.15, 0.2) is 0 Å². The largest absolute Gasteiger partial charge is 0.377 e. The number of hydrogen-bond donors (Lipinski definition) is 3. The molecule has 0 radical (unpaired) electrons. The Balaban J connectivity index is 1.89. The van der Waals surface area contributed by atoms with Crippen molar-refractivity contribution in [2.75, 3.05) is 4.90 Å². The van der Waals surface area contributed by atoms with Crippen molar-refractivity contribution in [1.29, 1.82) is 5.41 Å². The minimum Gasteiger partial charge on any atom is -0.377 e. The van der Waals surface area contributed by atoms with Crippen LogP contribution in [0, 0.1) is 5.41 Å². The minimum atomic E-state index is -0.523. The van der Waals surface area contributed by atoms with E-state index in [9.17, 15) is 9.59 Å². The van der Waals surface area contributed by atoms with Crippen molar-refractivity contribution in [2.45, 2.75) is 31.8 Å². The van der Waals surface area contributed by atoms with Crippen LogP contribution < -0.4 is 15.8 Å². The summed E-state index contributed by atoms with van der Waals surface area (Å²) in [6.45, 7) is 1.67. The van der Waals surface area contributed by atoms with Gasteiger partial charge in [-0.3, -0.25) is 14.5 Å². The Labute approximate surface area is 171 Å². The number of carbonyl (C=O) groups excluding carboxylic acids is 1. The summed E-state index contributed by atoms with van der Waals surface area (Å²) in [5.74, 6) is -0.253. The molecule has 28 heavy (non-hydrogen) atoms. The van der Waals surface area contributed by atoms with Crippen molar-refractivity contribution < 1.29 is 4.79 Å². The quantitative estimate of drug-likeness (QED) is 0.647. The van der Waals surface area contributed by atoms with Crippen molar-refractivity contribution >= 4 is 40.5 Å². The van der Waals surface area contributed by atoms with E-state index in [1.54, 1.807) is 24.0 Å².